The van der Waals surface area contributed by atoms with E-state index in [1.807, 2.05) is 0 Å². The molecule has 0 bridgehead atoms. The molecule has 1 atom stereocenters. The highest BCUT2D eigenvalue weighted by atomic mass is 32.1. The molecule has 1 aliphatic rings. The molecule has 0 amide bonds. The molecule has 0 saturated heterocycles. The lowest BCUT2D eigenvalue weighted by molar-refractivity contribution is 0.573. The van der Waals surface area contributed by atoms with E-state index in [0.29, 0.717) is 5.41 Å². The molecular formula is C13H15FN2S. The van der Waals surface area contributed by atoms with Gasteiger partial charge in [-0.25, -0.2) is 9.37 Å². The average molecular weight is 250 g/mol. The Morgan fingerprint density at radius 2 is 2.29 bits per heavy atom. The van der Waals surface area contributed by atoms with Crippen molar-refractivity contribution in [3.8, 4) is 0 Å². The van der Waals surface area contributed by atoms with Gasteiger partial charge in [0.25, 0.3) is 0 Å². The second-order valence-corrected chi connectivity index (χ2v) is 6.43. The summed E-state index contributed by atoms with van der Waals surface area (Å²) in [4.78, 5) is 4.44. The van der Waals surface area contributed by atoms with E-state index < -0.39 is 0 Å². The second kappa shape index (κ2) is 3.67. The first kappa shape index (κ1) is 11.0. The Balaban J connectivity index is 1.73. The zero-order chi connectivity index (χ0) is 12.0. The van der Waals surface area contributed by atoms with Gasteiger partial charge in [-0.05, 0) is 36.0 Å². The highest BCUT2D eigenvalue weighted by Gasteiger charge is 2.45. The van der Waals surface area contributed by atoms with Crippen LogP contribution in [-0.4, -0.2) is 11.5 Å². The van der Waals surface area contributed by atoms with Gasteiger partial charge in [0.05, 0.1) is 10.2 Å². The number of anilines is 1. The van der Waals surface area contributed by atoms with Crippen LogP contribution in [0.2, 0.25) is 0 Å². The lowest BCUT2D eigenvalue weighted by Gasteiger charge is -2.03. The quantitative estimate of drug-likeness (QED) is 0.893. The standard InChI is InChI=1S/C13H15FN2S/c1-13(2)6-8(13)7-15-12-16-10-4-3-9(14)5-11(10)17-12/h3-5,8H,6-7H2,1-2H3,(H,15,16). The first-order valence-electron chi connectivity index (χ1n) is 5.84. The highest BCUT2D eigenvalue weighted by Crippen LogP contribution is 2.51. The summed E-state index contributed by atoms with van der Waals surface area (Å²) in [5.74, 6) is 0.544. The number of aromatic nitrogens is 1. The van der Waals surface area contributed by atoms with E-state index in [1.165, 1.54) is 23.8 Å². The number of benzene rings is 1. The summed E-state index contributed by atoms with van der Waals surface area (Å²) in [6.45, 7) is 5.54. The van der Waals surface area contributed by atoms with E-state index in [-0.39, 0.29) is 5.82 Å². The van der Waals surface area contributed by atoms with Crippen molar-refractivity contribution in [1.82, 2.24) is 4.98 Å². The molecule has 2 aromatic rings. The molecule has 0 radical (unpaired) electrons. The van der Waals surface area contributed by atoms with Gasteiger partial charge in [0, 0.05) is 6.54 Å². The summed E-state index contributed by atoms with van der Waals surface area (Å²) in [5.41, 5.74) is 1.35. The minimum absolute atomic E-state index is 0.198. The van der Waals surface area contributed by atoms with Crippen molar-refractivity contribution in [2.75, 3.05) is 11.9 Å². The van der Waals surface area contributed by atoms with Crippen LogP contribution in [0, 0.1) is 17.2 Å². The minimum atomic E-state index is -0.198. The third-order valence-corrected chi connectivity index (χ3v) is 4.54. The lowest BCUT2D eigenvalue weighted by atomic mass is 10.1. The Morgan fingerprint density at radius 1 is 1.53 bits per heavy atom. The molecule has 3 rings (SSSR count). The largest absolute Gasteiger partial charge is 0.361 e. The molecule has 1 N–H and O–H groups in total. The predicted molar refractivity (Wildman–Crippen MR) is 70.0 cm³/mol. The molecule has 90 valence electrons. The van der Waals surface area contributed by atoms with Crippen molar-refractivity contribution in [3.63, 3.8) is 0 Å². The number of nitrogens with one attached hydrogen (secondary N) is 1. The van der Waals surface area contributed by atoms with Crippen LogP contribution in [0.1, 0.15) is 20.3 Å². The van der Waals surface area contributed by atoms with E-state index in [0.717, 1.165) is 27.8 Å². The number of halogens is 1. The van der Waals surface area contributed by atoms with Crippen LogP contribution in [0.4, 0.5) is 9.52 Å². The summed E-state index contributed by atoms with van der Waals surface area (Å²) < 4.78 is 13.9. The van der Waals surface area contributed by atoms with E-state index in [1.54, 1.807) is 12.1 Å². The molecular weight excluding hydrogens is 235 g/mol. The molecule has 1 unspecified atom stereocenters. The summed E-state index contributed by atoms with van der Waals surface area (Å²) in [6.07, 6.45) is 1.28. The first-order chi connectivity index (χ1) is 8.04. The molecule has 1 aliphatic carbocycles. The Labute approximate surface area is 104 Å². The van der Waals surface area contributed by atoms with Gasteiger partial charge >= 0.3 is 0 Å². The van der Waals surface area contributed by atoms with Crippen LogP contribution >= 0.6 is 11.3 Å². The molecule has 1 aromatic heterocycles. The number of rotatable bonds is 3. The van der Waals surface area contributed by atoms with Crippen molar-refractivity contribution in [1.29, 1.82) is 0 Å². The Bertz CT molecular complexity index is 562. The molecule has 1 saturated carbocycles. The fraction of sp³-hybridized carbons (Fsp3) is 0.462. The molecule has 4 heteroatoms. The van der Waals surface area contributed by atoms with Crippen LogP contribution in [0.5, 0.6) is 0 Å². The monoisotopic (exact) mass is 250 g/mol. The third-order valence-electron chi connectivity index (χ3n) is 3.57. The molecule has 1 fully saturated rings. The van der Waals surface area contributed by atoms with Gasteiger partial charge in [0.1, 0.15) is 5.82 Å². The number of hydrogen-bond donors (Lipinski definition) is 1. The summed E-state index contributed by atoms with van der Waals surface area (Å²) in [7, 11) is 0. The molecule has 17 heavy (non-hydrogen) atoms. The summed E-state index contributed by atoms with van der Waals surface area (Å²) >= 11 is 1.52. The Morgan fingerprint density at radius 3 is 3.00 bits per heavy atom. The van der Waals surface area contributed by atoms with E-state index in [9.17, 15) is 4.39 Å². The SMILES string of the molecule is CC1(C)CC1CNc1nc2ccc(F)cc2s1. The zero-order valence-electron chi connectivity index (χ0n) is 9.96. The number of fused-ring (bicyclic) bond motifs is 1. The second-order valence-electron chi connectivity index (χ2n) is 5.40. The van der Waals surface area contributed by atoms with Gasteiger partial charge in [0.2, 0.25) is 0 Å². The van der Waals surface area contributed by atoms with Crippen molar-refractivity contribution in [3.05, 3.63) is 24.0 Å². The maximum Gasteiger partial charge on any atom is 0.183 e. The van der Waals surface area contributed by atoms with Gasteiger partial charge in [-0.1, -0.05) is 25.2 Å². The Kier molecular flexibility index (Phi) is 2.36. The van der Waals surface area contributed by atoms with Crippen LogP contribution in [0.15, 0.2) is 18.2 Å². The van der Waals surface area contributed by atoms with Gasteiger partial charge in [-0.3, -0.25) is 0 Å². The number of thiazole rings is 1. The van der Waals surface area contributed by atoms with Crippen LogP contribution in [-0.2, 0) is 0 Å². The van der Waals surface area contributed by atoms with Crippen LogP contribution < -0.4 is 5.32 Å². The smallest absolute Gasteiger partial charge is 0.183 e. The average Bonchev–Trinajstić information content (AvgIpc) is 2.71. The highest BCUT2D eigenvalue weighted by molar-refractivity contribution is 7.22. The van der Waals surface area contributed by atoms with Gasteiger partial charge in [0.15, 0.2) is 5.13 Å². The maximum atomic E-state index is 13.0. The molecule has 0 aliphatic heterocycles. The van der Waals surface area contributed by atoms with Gasteiger partial charge in [-0.15, -0.1) is 0 Å². The predicted octanol–water partition coefficient (Wildman–Crippen LogP) is 3.89. The first-order valence-corrected chi connectivity index (χ1v) is 6.66. The number of nitrogens with zero attached hydrogens (tertiary/aromatic N) is 1. The van der Waals surface area contributed by atoms with Crippen LogP contribution in [0.25, 0.3) is 10.2 Å². The summed E-state index contributed by atoms with van der Waals surface area (Å²) in [6, 6.07) is 4.72. The molecule has 2 nitrogen and oxygen atoms in total. The molecule has 0 spiro atoms. The van der Waals surface area contributed by atoms with Crippen molar-refractivity contribution in [2.45, 2.75) is 20.3 Å². The molecule has 1 aromatic carbocycles. The van der Waals surface area contributed by atoms with Crippen molar-refractivity contribution in [2.24, 2.45) is 11.3 Å². The lowest BCUT2D eigenvalue weighted by Crippen LogP contribution is -2.06. The van der Waals surface area contributed by atoms with Crippen molar-refractivity contribution < 1.29 is 4.39 Å². The minimum Gasteiger partial charge on any atom is -0.361 e. The van der Waals surface area contributed by atoms with E-state index in [4.69, 9.17) is 0 Å². The van der Waals surface area contributed by atoms with Crippen LogP contribution in [0.3, 0.4) is 0 Å². The fourth-order valence-electron chi connectivity index (χ4n) is 2.11. The van der Waals surface area contributed by atoms with E-state index >= 15 is 0 Å². The molecule has 1 heterocycles. The van der Waals surface area contributed by atoms with E-state index in [2.05, 4.69) is 24.1 Å². The number of hydrogen-bond acceptors (Lipinski definition) is 3. The topological polar surface area (TPSA) is 24.9 Å². The maximum absolute atomic E-state index is 13.0. The fourth-order valence-corrected chi connectivity index (χ4v) is 3.01. The Hall–Kier alpha value is -1.16. The normalized spacial score (nSPS) is 21.7. The third kappa shape index (κ3) is 2.14. The zero-order valence-corrected chi connectivity index (χ0v) is 10.8. The van der Waals surface area contributed by atoms with Crippen molar-refractivity contribution >= 4 is 26.7 Å². The van der Waals surface area contributed by atoms with Gasteiger partial charge < -0.3 is 5.32 Å². The summed E-state index contributed by atoms with van der Waals surface area (Å²) in [5, 5.41) is 4.25. The van der Waals surface area contributed by atoms with Gasteiger partial charge in [-0.2, -0.15) is 0 Å².